The second-order valence-electron chi connectivity index (χ2n) is 11.7. The molecular formula is C29H35N7O2S. The highest BCUT2D eigenvalue weighted by molar-refractivity contribution is 8.01. The van der Waals surface area contributed by atoms with Crippen molar-refractivity contribution in [2.75, 3.05) is 47.7 Å². The Bertz CT molecular complexity index is 1380. The largest absolute Gasteiger partial charge is 0.416 e. The van der Waals surface area contributed by atoms with Gasteiger partial charge in [-0.05, 0) is 80.8 Å². The summed E-state index contributed by atoms with van der Waals surface area (Å²) in [5, 5.41) is 9.63. The quantitative estimate of drug-likeness (QED) is 0.453. The van der Waals surface area contributed by atoms with Crippen molar-refractivity contribution in [3.05, 3.63) is 36.5 Å². The van der Waals surface area contributed by atoms with Gasteiger partial charge in [0.05, 0.1) is 11.3 Å². The molecule has 2 saturated heterocycles. The van der Waals surface area contributed by atoms with Crippen LogP contribution >= 0.6 is 11.9 Å². The zero-order chi connectivity index (χ0) is 26.6. The third-order valence-corrected chi connectivity index (χ3v) is 9.98. The molecule has 1 saturated carbocycles. The summed E-state index contributed by atoms with van der Waals surface area (Å²) < 4.78 is 9.84. The molecule has 5 aliphatic rings. The Kier molecular flexibility index (Phi) is 6.17. The van der Waals surface area contributed by atoms with E-state index in [2.05, 4.69) is 54.8 Å². The fourth-order valence-electron chi connectivity index (χ4n) is 6.07. The molecule has 0 spiro atoms. The maximum Gasteiger partial charge on any atom is 0.250 e. The first-order chi connectivity index (χ1) is 19.0. The molecule has 3 aromatic rings. The van der Waals surface area contributed by atoms with Crippen molar-refractivity contribution >= 4 is 35.0 Å². The molecule has 8 rings (SSSR count). The molecule has 1 unspecified atom stereocenters. The summed E-state index contributed by atoms with van der Waals surface area (Å²) in [6.45, 7) is 5.43. The van der Waals surface area contributed by atoms with Gasteiger partial charge in [-0.15, -0.1) is 10.2 Å². The van der Waals surface area contributed by atoms with Gasteiger partial charge in [0.1, 0.15) is 5.82 Å². The molecular weight excluding hydrogens is 510 g/mol. The molecule has 1 amide bonds. The zero-order valence-electron chi connectivity index (χ0n) is 22.6. The predicted octanol–water partition coefficient (Wildman–Crippen LogP) is 5.07. The minimum Gasteiger partial charge on any atom is -0.416 e. The lowest BCUT2D eigenvalue weighted by Crippen LogP contribution is -2.54. The van der Waals surface area contributed by atoms with Crippen molar-refractivity contribution in [3.63, 3.8) is 0 Å². The molecule has 2 aromatic heterocycles. The van der Waals surface area contributed by atoms with Crippen molar-refractivity contribution in [1.29, 1.82) is 0 Å². The number of aromatic nitrogens is 3. The number of fused-ring (bicyclic) bond motifs is 3. The number of anilines is 3. The van der Waals surface area contributed by atoms with Crippen LogP contribution in [0.5, 0.6) is 0 Å². The van der Waals surface area contributed by atoms with Crippen molar-refractivity contribution in [2.45, 2.75) is 56.7 Å². The second-order valence-corrected chi connectivity index (χ2v) is 12.8. The van der Waals surface area contributed by atoms with Gasteiger partial charge in [-0.25, -0.2) is 4.98 Å². The van der Waals surface area contributed by atoms with Crippen LogP contribution in [0.3, 0.4) is 0 Å². The maximum atomic E-state index is 13.9. The molecule has 9 nitrogen and oxygen atoms in total. The monoisotopic (exact) mass is 545 g/mol. The van der Waals surface area contributed by atoms with Crippen LogP contribution in [0.1, 0.15) is 45.4 Å². The van der Waals surface area contributed by atoms with E-state index in [4.69, 9.17) is 4.42 Å². The van der Waals surface area contributed by atoms with Crippen LogP contribution in [0.25, 0.3) is 22.9 Å². The molecule has 1 atom stereocenters. The number of hydrogen-bond donors (Lipinski definition) is 1. The molecule has 0 radical (unpaired) electrons. The molecule has 1 aliphatic carbocycles. The Hall–Kier alpha value is -3.27. The van der Waals surface area contributed by atoms with E-state index in [-0.39, 0.29) is 17.4 Å². The molecule has 8 bridgehead atoms. The summed E-state index contributed by atoms with van der Waals surface area (Å²) in [5.41, 5.74) is 3.52. The summed E-state index contributed by atoms with van der Waals surface area (Å²) in [6, 6.07) is 10.5. The Morgan fingerprint density at radius 1 is 1.03 bits per heavy atom. The van der Waals surface area contributed by atoms with E-state index in [1.807, 2.05) is 24.1 Å². The van der Waals surface area contributed by atoms with Gasteiger partial charge in [0.2, 0.25) is 17.7 Å². The Morgan fingerprint density at radius 2 is 1.85 bits per heavy atom. The minimum absolute atomic E-state index is 0.163. The highest BCUT2D eigenvalue weighted by atomic mass is 32.2. The van der Waals surface area contributed by atoms with Gasteiger partial charge in [-0.1, -0.05) is 6.92 Å². The standard InChI is InChI=1S/C29H35N7O2S/c1-29-10-14-35(15-11-29)24-17-20(33-39-22-6-7-22)5-8-23(24)27-32-31-26(38-27)19-9-12-30-25(16-19)36-13-3-4-21(18-36)34(2)28(29)37/h5,8-9,12,16-17,21-22,33H,3-4,6-7,10-11,13-15,18H2,1-2H3. The van der Waals surface area contributed by atoms with E-state index >= 15 is 0 Å². The average Bonchev–Trinajstić information content (AvgIpc) is 3.68. The van der Waals surface area contributed by atoms with Crippen LogP contribution in [0.15, 0.2) is 40.9 Å². The molecule has 39 heavy (non-hydrogen) atoms. The van der Waals surface area contributed by atoms with E-state index in [0.717, 1.165) is 80.2 Å². The maximum absolute atomic E-state index is 13.9. The molecule has 1 N–H and O–H groups in total. The van der Waals surface area contributed by atoms with E-state index in [9.17, 15) is 4.79 Å². The summed E-state index contributed by atoms with van der Waals surface area (Å²) in [7, 11) is 2.00. The highest BCUT2D eigenvalue weighted by Crippen LogP contribution is 2.42. The lowest BCUT2D eigenvalue weighted by Gasteiger charge is -2.45. The number of pyridine rings is 1. The highest BCUT2D eigenvalue weighted by Gasteiger charge is 2.41. The first kappa shape index (κ1) is 24.7. The van der Waals surface area contributed by atoms with Gasteiger partial charge in [0, 0.05) is 67.4 Å². The number of nitrogens with zero attached hydrogens (tertiary/aromatic N) is 6. The minimum atomic E-state index is -0.380. The topological polar surface area (TPSA) is 90.6 Å². The van der Waals surface area contributed by atoms with E-state index < -0.39 is 0 Å². The number of rotatable bonds is 3. The van der Waals surface area contributed by atoms with E-state index in [1.54, 1.807) is 18.1 Å². The van der Waals surface area contributed by atoms with E-state index in [0.29, 0.717) is 17.0 Å². The number of amides is 1. The van der Waals surface area contributed by atoms with Crippen LogP contribution in [0, 0.1) is 5.41 Å². The molecule has 1 aromatic carbocycles. The van der Waals surface area contributed by atoms with Gasteiger partial charge in [-0.2, -0.15) is 0 Å². The number of nitrogens with one attached hydrogen (secondary N) is 1. The third kappa shape index (κ3) is 4.73. The average molecular weight is 546 g/mol. The summed E-state index contributed by atoms with van der Waals surface area (Å²) >= 11 is 1.80. The van der Waals surface area contributed by atoms with Gasteiger partial charge in [0.15, 0.2) is 0 Å². The lowest BCUT2D eigenvalue weighted by molar-refractivity contribution is -0.143. The van der Waals surface area contributed by atoms with Gasteiger partial charge in [-0.3, -0.25) is 4.79 Å². The van der Waals surface area contributed by atoms with Crippen molar-refractivity contribution in [3.8, 4) is 22.9 Å². The fourth-order valence-corrected chi connectivity index (χ4v) is 6.88. The molecule has 204 valence electrons. The van der Waals surface area contributed by atoms with Crippen LogP contribution in [-0.2, 0) is 4.79 Å². The SMILES string of the molecule is CN1C(=O)C2(C)CCN(CC2)c2cc(NSC3CC3)ccc2-c2nnc(o2)-c2ccnc(c2)N2CCCC1C2. The molecule has 6 heterocycles. The van der Waals surface area contributed by atoms with Crippen LogP contribution in [0.4, 0.5) is 17.2 Å². The smallest absolute Gasteiger partial charge is 0.250 e. The lowest BCUT2D eigenvalue weighted by atomic mass is 9.78. The Morgan fingerprint density at radius 3 is 2.67 bits per heavy atom. The third-order valence-electron chi connectivity index (χ3n) is 8.83. The predicted molar refractivity (Wildman–Crippen MR) is 155 cm³/mol. The number of likely N-dealkylation sites (N-methyl/N-ethyl adjacent to an activating group) is 1. The normalized spacial score (nSPS) is 24.9. The zero-order valence-corrected chi connectivity index (χ0v) is 23.4. The number of carbonyl (C=O) groups excluding carboxylic acids is 1. The Labute approximate surface area is 233 Å². The number of hydrogen-bond acceptors (Lipinski definition) is 9. The number of carbonyl (C=O) groups is 1. The van der Waals surface area contributed by atoms with Crippen molar-refractivity contribution in [1.82, 2.24) is 20.1 Å². The molecule has 4 aliphatic heterocycles. The molecule has 10 heteroatoms. The Balaban J connectivity index is 1.30. The van der Waals surface area contributed by atoms with Crippen LogP contribution < -0.4 is 14.5 Å². The number of piperidine rings is 2. The van der Waals surface area contributed by atoms with Crippen molar-refractivity contribution in [2.24, 2.45) is 5.41 Å². The summed E-state index contributed by atoms with van der Waals surface area (Å²) in [6.07, 6.45) is 7.99. The fraction of sp³-hybridized carbons (Fsp3) is 0.517. The first-order valence-corrected chi connectivity index (χ1v) is 15.0. The first-order valence-electron chi connectivity index (χ1n) is 14.1. The van der Waals surface area contributed by atoms with Crippen LogP contribution in [-0.4, -0.2) is 70.5 Å². The van der Waals surface area contributed by atoms with Gasteiger partial charge in [0.25, 0.3) is 0 Å². The van der Waals surface area contributed by atoms with Crippen molar-refractivity contribution < 1.29 is 9.21 Å². The van der Waals surface area contributed by atoms with Gasteiger partial charge >= 0.3 is 0 Å². The second kappa shape index (κ2) is 9.73. The summed E-state index contributed by atoms with van der Waals surface area (Å²) in [5.74, 6) is 2.14. The number of benzene rings is 1. The van der Waals surface area contributed by atoms with Crippen LogP contribution in [0.2, 0.25) is 0 Å². The van der Waals surface area contributed by atoms with E-state index in [1.165, 1.54) is 12.8 Å². The summed E-state index contributed by atoms with van der Waals surface area (Å²) in [4.78, 5) is 25.3. The molecule has 3 fully saturated rings. The van der Waals surface area contributed by atoms with Gasteiger partial charge < -0.3 is 23.8 Å².